The molecule has 0 spiro atoms. The van der Waals surface area contributed by atoms with Crippen LogP contribution in [0.1, 0.15) is 11.1 Å². The van der Waals surface area contributed by atoms with E-state index in [1.54, 1.807) is 18.2 Å². The van der Waals surface area contributed by atoms with Crippen molar-refractivity contribution >= 4 is 11.5 Å². The summed E-state index contributed by atoms with van der Waals surface area (Å²) in [7, 11) is 1.48. The minimum Gasteiger partial charge on any atom is -0.329 e. The van der Waals surface area contributed by atoms with E-state index in [-0.39, 0.29) is 5.82 Å². The van der Waals surface area contributed by atoms with Crippen LogP contribution in [-0.2, 0) is 6.18 Å². The van der Waals surface area contributed by atoms with E-state index in [2.05, 4.69) is 4.98 Å². The Balaban J connectivity index is 2.49. The fourth-order valence-corrected chi connectivity index (χ4v) is 1.79. The van der Waals surface area contributed by atoms with Gasteiger partial charge in [-0.05, 0) is 30.3 Å². The van der Waals surface area contributed by atoms with Crippen LogP contribution in [0.5, 0.6) is 0 Å². The maximum Gasteiger partial charge on any atom is 0.419 e. The minimum atomic E-state index is -4.48. The number of benzene rings is 1. The zero-order valence-corrected chi connectivity index (χ0v) is 10.5. The molecule has 1 aromatic carbocycles. The van der Waals surface area contributed by atoms with Crippen molar-refractivity contribution in [3.63, 3.8) is 0 Å². The summed E-state index contributed by atoms with van der Waals surface area (Å²) in [5.41, 5.74) is 0.0250. The van der Waals surface area contributed by atoms with Crippen LogP contribution >= 0.6 is 0 Å². The third-order valence-electron chi connectivity index (χ3n) is 2.77. The monoisotopic (exact) mass is 277 g/mol. The highest BCUT2D eigenvalue weighted by Gasteiger charge is 2.35. The van der Waals surface area contributed by atoms with Crippen molar-refractivity contribution in [2.75, 3.05) is 11.9 Å². The maximum absolute atomic E-state index is 13.0. The Morgan fingerprint density at radius 3 is 2.60 bits per heavy atom. The predicted molar refractivity (Wildman–Crippen MR) is 68.5 cm³/mol. The third kappa shape index (κ3) is 2.72. The van der Waals surface area contributed by atoms with Gasteiger partial charge in [-0.3, -0.25) is 0 Å². The smallest absolute Gasteiger partial charge is 0.329 e. The zero-order valence-electron chi connectivity index (χ0n) is 10.5. The lowest BCUT2D eigenvalue weighted by Crippen LogP contribution is -2.18. The van der Waals surface area contributed by atoms with Gasteiger partial charge in [0.05, 0.1) is 17.2 Å². The second-order valence-electron chi connectivity index (χ2n) is 4.09. The van der Waals surface area contributed by atoms with E-state index in [1.165, 1.54) is 30.3 Å². The van der Waals surface area contributed by atoms with E-state index in [0.29, 0.717) is 11.3 Å². The summed E-state index contributed by atoms with van der Waals surface area (Å²) >= 11 is 0. The number of nitriles is 1. The van der Waals surface area contributed by atoms with Gasteiger partial charge in [0.25, 0.3) is 0 Å². The van der Waals surface area contributed by atoms with Gasteiger partial charge in [0.2, 0.25) is 0 Å². The normalized spacial score (nSPS) is 10.9. The van der Waals surface area contributed by atoms with E-state index in [9.17, 15) is 13.2 Å². The number of anilines is 2. The highest BCUT2D eigenvalue weighted by atomic mass is 19.4. The van der Waals surface area contributed by atoms with Crippen molar-refractivity contribution in [2.24, 2.45) is 0 Å². The van der Waals surface area contributed by atoms with Gasteiger partial charge < -0.3 is 4.90 Å². The number of pyridine rings is 1. The number of rotatable bonds is 2. The van der Waals surface area contributed by atoms with Crippen molar-refractivity contribution in [1.82, 2.24) is 4.98 Å². The van der Waals surface area contributed by atoms with E-state index in [1.807, 2.05) is 6.07 Å². The van der Waals surface area contributed by atoms with Gasteiger partial charge in [0.1, 0.15) is 5.82 Å². The molecule has 0 unspecified atom stereocenters. The Labute approximate surface area is 113 Å². The van der Waals surface area contributed by atoms with Crippen LogP contribution in [0.25, 0.3) is 0 Å². The lowest BCUT2D eigenvalue weighted by atomic mass is 10.2. The van der Waals surface area contributed by atoms with Gasteiger partial charge in [0, 0.05) is 18.9 Å². The lowest BCUT2D eigenvalue weighted by Gasteiger charge is -2.22. The second-order valence-corrected chi connectivity index (χ2v) is 4.09. The Morgan fingerprint density at radius 2 is 1.95 bits per heavy atom. The van der Waals surface area contributed by atoms with Gasteiger partial charge in [-0.2, -0.15) is 18.4 Å². The van der Waals surface area contributed by atoms with Crippen molar-refractivity contribution in [3.05, 3.63) is 53.7 Å². The van der Waals surface area contributed by atoms with E-state index < -0.39 is 11.7 Å². The predicted octanol–water partition coefficient (Wildman–Crippen LogP) is 3.74. The Morgan fingerprint density at radius 1 is 1.20 bits per heavy atom. The quantitative estimate of drug-likeness (QED) is 0.839. The molecule has 3 nitrogen and oxygen atoms in total. The number of alkyl halides is 3. The fraction of sp³-hybridized carbons (Fsp3) is 0.143. The molecule has 1 heterocycles. The highest BCUT2D eigenvalue weighted by molar-refractivity contribution is 5.64. The molecule has 0 atom stereocenters. The van der Waals surface area contributed by atoms with Crippen molar-refractivity contribution in [3.8, 4) is 6.07 Å². The topological polar surface area (TPSA) is 39.9 Å². The van der Waals surface area contributed by atoms with Gasteiger partial charge in [0.15, 0.2) is 0 Å². The van der Waals surface area contributed by atoms with Crippen LogP contribution < -0.4 is 4.90 Å². The number of aromatic nitrogens is 1. The second kappa shape index (κ2) is 5.21. The molecule has 0 saturated carbocycles. The van der Waals surface area contributed by atoms with Crippen molar-refractivity contribution < 1.29 is 13.2 Å². The molecule has 20 heavy (non-hydrogen) atoms. The summed E-state index contributed by atoms with van der Waals surface area (Å²) in [5.74, 6) is -0.199. The van der Waals surface area contributed by atoms with Gasteiger partial charge in [-0.15, -0.1) is 0 Å². The zero-order chi connectivity index (χ0) is 14.8. The third-order valence-corrected chi connectivity index (χ3v) is 2.77. The molecule has 0 aliphatic carbocycles. The molecule has 2 aromatic rings. The van der Waals surface area contributed by atoms with Crippen LogP contribution in [0, 0.1) is 11.3 Å². The standard InChI is InChI=1S/C14H10F3N3/c1-20(11-5-2-4-10(8-11)9-18)13-12(14(15,16)17)6-3-7-19-13/h2-8H,1H3. The largest absolute Gasteiger partial charge is 0.419 e. The highest BCUT2D eigenvalue weighted by Crippen LogP contribution is 2.36. The molecule has 0 aliphatic rings. The number of halogens is 3. The molecule has 102 valence electrons. The van der Waals surface area contributed by atoms with E-state index in [4.69, 9.17) is 5.26 Å². The average Bonchev–Trinajstić information content (AvgIpc) is 2.45. The number of hydrogen-bond acceptors (Lipinski definition) is 3. The molecule has 1 aromatic heterocycles. The molecular weight excluding hydrogens is 267 g/mol. The van der Waals surface area contributed by atoms with Crippen LogP contribution in [0.2, 0.25) is 0 Å². The van der Waals surface area contributed by atoms with Crippen LogP contribution in [0.4, 0.5) is 24.7 Å². The first-order valence-electron chi connectivity index (χ1n) is 5.69. The molecule has 0 saturated heterocycles. The first-order valence-corrected chi connectivity index (χ1v) is 5.69. The van der Waals surface area contributed by atoms with Crippen molar-refractivity contribution in [2.45, 2.75) is 6.18 Å². The van der Waals surface area contributed by atoms with Crippen LogP contribution in [-0.4, -0.2) is 12.0 Å². The van der Waals surface area contributed by atoms with Crippen LogP contribution in [0.15, 0.2) is 42.6 Å². The SMILES string of the molecule is CN(c1cccc(C#N)c1)c1ncccc1C(F)(F)F. The molecule has 0 fully saturated rings. The Kier molecular flexibility index (Phi) is 3.61. The molecule has 6 heteroatoms. The molecule has 0 bridgehead atoms. The molecular formula is C14H10F3N3. The first kappa shape index (κ1) is 13.9. The minimum absolute atomic E-state index is 0.199. The fourth-order valence-electron chi connectivity index (χ4n) is 1.79. The van der Waals surface area contributed by atoms with Crippen LogP contribution in [0.3, 0.4) is 0 Å². The van der Waals surface area contributed by atoms with Gasteiger partial charge in [-0.25, -0.2) is 4.98 Å². The summed E-state index contributed by atoms with van der Waals surface area (Å²) in [6.45, 7) is 0. The first-order chi connectivity index (χ1) is 9.43. The van der Waals surface area contributed by atoms with E-state index >= 15 is 0 Å². The number of nitrogens with zero attached hydrogens (tertiary/aromatic N) is 3. The summed E-state index contributed by atoms with van der Waals surface area (Å²) in [4.78, 5) is 5.11. The summed E-state index contributed by atoms with van der Waals surface area (Å²) in [5, 5.41) is 8.83. The summed E-state index contributed by atoms with van der Waals surface area (Å²) in [6, 6.07) is 10.5. The Hall–Kier alpha value is -2.55. The summed E-state index contributed by atoms with van der Waals surface area (Å²) < 4.78 is 38.9. The molecule has 0 amide bonds. The summed E-state index contributed by atoms with van der Waals surface area (Å²) in [6.07, 6.45) is -3.18. The number of hydrogen-bond donors (Lipinski definition) is 0. The molecule has 0 radical (unpaired) electrons. The average molecular weight is 277 g/mol. The van der Waals surface area contributed by atoms with Gasteiger partial charge in [-0.1, -0.05) is 6.07 Å². The molecule has 0 aliphatic heterocycles. The maximum atomic E-state index is 13.0. The molecule has 0 N–H and O–H groups in total. The molecule has 2 rings (SSSR count). The van der Waals surface area contributed by atoms with E-state index in [0.717, 1.165) is 6.07 Å². The van der Waals surface area contributed by atoms with Gasteiger partial charge >= 0.3 is 6.18 Å². The Bertz CT molecular complexity index is 659. The lowest BCUT2D eigenvalue weighted by molar-refractivity contribution is -0.137. The van der Waals surface area contributed by atoms with Crippen molar-refractivity contribution in [1.29, 1.82) is 5.26 Å².